The molecule has 1 aromatic carbocycles. The Hall–Kier alpha value is -0.340. The topological polar surface area (TPSA) is 9.23 Å². The van der Waals surface area contributed by atoms with E-state index in [-0.39, 0.29) is 5.41 Å². The molecule has 0 spiro atoms. The van der Waals surface area contributed by atoms with Gasteiger partial charge < -0.3 is 4.74 Å². The van der Waals surface area contributed by atoms with Crippen LogP contribution in [0.5, 0.6) is 5.75 Å². The standard InChI is InChI=1S/C11H15ClOS/c1-11(2,3)7-13-8-4-5-10(14)9(12)6-8/h4-6,14H,7H2,1-3H3. The van der Waals surface area contributed by atoms with Crippen LogP contribution in [0.3, 0.4) is 0 Å². The van der Waals surface area contributed by atoms with Gasteiger partial charge in [0.05, 0.1) is 11.6 Å². The SMILES string of the molecule is CC(C)(C)COc1ccc(S)c(Cl)c1. The normalized spacial score (nSPS) is 11.5. The average Bonchev–Trinajstić information content (AvgIpc) is 2.06. The predicted octanol–water partition coefficient (Wildman–Crippen LogP) is 4.05. The molecule has 0 saturated heterocycles. The van der Waals surface area contributed by atoms with Crippen molar-refractivity contribution in [3.05, 3.63) is 23.2 Å². The summed E-state index contributed by atoms with van der Waals surface area (Å²) in [7, 11) is 0. The molecule has 0 aliphatic carbocycles. The maximum absolute atomic E-state index is 5.91. The second-order valence-electron chi connectivity index (χ2n) is 4.46. The van der Waals surface area contributed by atoms with Crippen molar-refractivity contribution in [2.24, 2.45) is 5.41 Å². The van der Waals surface area contributed by atoms with Gasteiger partial charge in [-0.3, -0.25) is 0 Å². The largest absolute Gasteiger partial charge is 0.493 e. The van der Waals surface area contributed by atoms with Crippen LogP contribution in [0.2, 0.25) is 5.02 Å². The molecule has 0 aliphatic heterocycles. The summed E-state index contributed by atoms with van der Waals surface area (Å²) in [5, 5.41) is 0.625. The van der Waals surface area contributed by atoms with Crippen molar-refractivity contribution in [1.29, 1.82) is 0 Å². The van der Waals surface area contributed by atoms with E-state index in [0.717, 1.165) is 10.6 Å². The predicted molar refractivity (Wildman–Crippen MR) is 63.7 cm³/mol. The monoisotopic (exact) mass is 230 g/mol. The van der Waals surface area contributed by atoms with Gasteiger partial charge in [0.1, 0.15) is 5.75 Å². The third kappa shape index (κ3) is 3.81. The smallest absolute Gasteiger partial charge is 0.120 e. The fraction of sp³-hybridized carbons (Fsp3) is 0.455. The zero-order valence-corrected chi connectivity index (χ0v) is 10.3. The van der Waals surface area contributed by atoms with Crippen LogP contribution in [0.15, 0.2) is 23.1 Å². The van der Waals surface area contributed by atoms with Crippen molar-refractivity contribution in [1.82, 2.24) is 0 Å². The van der Waals surface area contributed by atoms with Crippen LogP contribution >= 0.6 is 24.2 Å². The van der Waals surface area contributed by atoms with Crippen molar-refractivity contribution in [2.45, 2.75) is 25.7 Å². The Morgan fingerprint density at radius 1 is 1.36 bits per heavy atom. The van der Waals surface area contributed by atoms with Gasteiger partial charge in [0.15, 0.2) is 0 Å². The Balaban J connectivity index is 2.65. The quantitative estimate of drug-likeness (QED) is 0.755. The third-order valence-electron chi connectivity index (χ3n) is 1.59. The van der Waals surface area contributed by atoms with Crippen molar-refractivity contribution in [2.75, 3.05) is 6.61 Å². The first-order valence-corrected chi connectivity index (χ1v) is 5.32. The molecule has 0 saturated carbocycles. The van der Waals surface area contributed by atoms with Crippen LogP contribution < -0.4 is 4.74 Å². The highest BCUT2D eigenvalue weighted by Gasteiger charge is 2.11. The highest BCUT2D eigenvalue weighted by Crippen LogP contribution is 2.26. The molecule has 1 rings (SSSR count). The molecule has 0 fully saturated rings. The molecule has 0 amide bonds. The molecule has 0 aromatic heterocycles. The van der Waals surface area contributed by atoms with E-state index in [4.69, 9.17) is 16.3 Å². The molecule has 0 N–H and O–H groups in total. The van der Waals surface area contributed by atoms with E-state index < -0.39 is 0 Å². The first kappa shape index (κ1) is 11.7. The second kappa shape index (κ2) is 4.45. The van der Waals surface area contributed by atoms with E-state index in [2.05, 4.69) is 33.4 Å². The van der Waals surface area contributed by atoms with E-state index in [0.29, 0.717) is 11.6 Å². The number of halogens is 1. The molecular formula is C11H15ClOS. The van der Waals surface area contributed by atoms with E-state index in [1.54, 1.807) is 6.07 Å². The highest BCUT2D eigenvalue weighted by atomic mass is 35.5. The molecule has 0 radical (unpaired) electrons. The number of thiol groups is 1. The molecule has 0 heterocycles. The Morgan fingerprint density at radius 2 is 2.00 bits per heavy atom. The zero-order chi connectivity index (χ0) is 10.8. The van der Waals surface area contributed by atoms with E-state index in [1.165, 1.54) is 0 Å². The molecule has 1 nitrogen and oxygen atoms in total. The van der Waals surface area contributed by atoms with Crippen LogP contribution in [0, 0.1) is 5.41 Å². The highest BCUT2D eigenvalue weighted by molar-refractivity contribution is 7.80. The molecule has 0 aliphatic rings. The number of ether oxygens (including phenoxy) is 1. The van der Waals surface area contributed by atoms with Crippen LogP contribution in [0.25, 0.3) is 0 Å². The van der Waals surface area contributed by atoms with Crippen LogP contribution in [0.1, 0.15) is 20.8 Å². The van der Waals surface area contributed by atoms with Crippen LogP contribution in [0.4, 0.5) is 0 Å². The van der Waals surface area contributed by atoms with E-state index >= 15 is 0 Å². The Labute approximate surface area is 95.8 Å². The maximum atomic E-state index is 5.91. The lowest BCUT2D eigenvalue weighted by atomic mass is 9.99. The fourth-order valence-corrected chi connectivity index (χ4v) is 1.19. The summed E-state index contributed by atoms with van der Waals surface area (Å²) in [6.07, 6.45) is 0. The number of rotatable bonds is 2. The molecule has 0 unspecified atom stereocenters. The van der Waals surface area contributed by atoms with Crippen LogP contribution in [-0.2, 0) is 0 Å². The zero-order valence-electron chi connectivity index (χ0n) is 8.67. The second-order valence-corrected chi connectivity index (χ2v) is 5.35. The molecule has 14 heavy (non-hydrogen) atoms. The average molecular weight is 231 g/mol. The lowest BCUT2D eigenvalue weighted by Crippen LogP contribution is -2.16. The van der Waals surface area contributed by atoms with Gasteiger partial charge in [0.2, 0.25) is 0 Å². The Kier molecular flexibility index (Phi) is 3.73. The van der Waals surface area contributed by atoms with Gasteiger partial charge in [-0.2, -0.15) is 0 Å². The first-order chi connectivity index (χ1) is 6.38. The van der Waals surface area contributed by atoms with Crippen LogP contribution in [-0.4, -0.2) is 6.61 Å². The van der Waals surface area contributed by atoms with Crippen molar-refractivity contribution in [3.63, 3.8) is 0 Å². The van der Waals surface area contributed by atoms with Crippen molar-refractivity contribution >= 4 is 24.2 Å². The van der Waals surface area contributed by atoms with Crippen molar-refractivity contribution < 1.29 is 4.74 Å². The summed E-state index contributed by atoms with van der Waals surface area (Å²) < 4.78 is 5.59. The first-order valence-electron chi connectivity index (χ1n) is 4.50. The maximum Gasteiger partial charge on any atom is 0.120 e. The van der Waals surface area contributed by atoms with Gasteiger partial charge >= 0.3 is 0 Å². The number of hydrogen-bond acceptors (Lipinski definition) is 2. The summed E-state index contributed by atoms with van der Waals surface area (Å²) in [6.45, 7) is 7.06. The van der Waals surface area contributed by atoms with Gasteiger partial charge in [0, 0.05) is 4.90 Å². The van der Waals surface area contributed by atoms with Gasteiger partial charge in [-0.05, 0) is 23.6 Å². The number of benzene rings is 1. The van der Waals surface area contributed by atoms with E-state index in [1.807, 2.05) is 12.1 Å². The Bertz CT molecular complexity index is 318. The van der Waals surface area contributed by atoms with Gasteiger partial charge in [-0.25, -0.2) is 0 Å². The summed E-state index contributed by atoms with van der Waals surface area (Å²) in [5.41, 5.74) is 0.159. The molecule has 78 valence electrons. The molecule has 1 aromatic rings. The van der Waals surface area contributed by atoms with Gasteiger partial charge in [0.25, 0.3) is 0 Å². The molecule has 3 heteroatoms. The molecular weight excluding hydrogens is 216 g/mol. The summed E-state index contributed by atoms with van der Waals surface area (Å²) in [4.78, 5) is 0.773. The minimum Gasteiger partial charge on any atom is -0.493 e. The number of hydrogen-bond donors (Lipinski definition) is 1. The minimum atomic E-state index is 0.159. The Morgan fingerprint density at radius 3 is 2.50 bits per heavy atom. The van der Waals surface area contributed by atoms with Gasteiger partial charge in [-0.1, -0.05) is 32.4 Å². The lowest BCUT2D eigenvalue weighted by Gasteiger charge is -2.18. The summed E-state index contributed by atoms with van der Waals surface area (Å²) >= 11 is 10.1. The molecule has 0 bridgehead atoms. The fourth-order valence-electron chi connectivity index (χ4n) is 0.877. The molecule has 0 atom stereocenters. The lowest BCUT2D eigenvalue weighted by molar-refractivity contribution is 0.198. The summed E-state index contributed by atoms with van der Waals surface area (Å²) in [5.74, 6) is 0.794. The van der Waals surface area contributed by atoms with Gasteiger partial charge in [-0.15, -0.1) is 12.6 Å². The van der Waals surface area contributed by atoms with Crippen molar-refractivity contribution in [3.8, 4) is 5.75 Å². The minimum absolute atomic E-state index is 0.159. The third-order valence-corrected chi connectivity index (χ3v) is 2.43. The van der Waals surface area contributed by atoms with E-state index in [9.17, 15) is 0 Å². The summed E-state index contributed by atoms with van der Waals surface area (Å²) in [6, 6.07) is 5.50.